The van der Waals surface area contributed by atoms with E-state index in [0.717, 1.165) is 36.8 Å². The van der Waals surface area contributed by atoms with E-state index in [-0.39, 0.29) is 17.9 Å². The van der Waals surface area contributed by atoms with Gasteiger partial charge in [0.25, 0.3) is 0 Å². The Morgan fingerprint density at radius 3 is 2.50 bits per heavy atom. The Kier molecular flexibility index (Phi) is 4.42. The Morgan fingerprint density at radius 2 is 1.85 bits per heavy atom. The molecule has 0 atom stereocenters. The Labute approximate surface area is 126 Å². The molecule has 6 heteroatoms. The van der Waals surface area contributed by atoms with Crippen molar-refractivity contribution in [3.05, 3.63) is 40.2 Å². The van der Waals surface area contributed by atoms with Crippen molar-refractivity contribution >= 4 is 23.7 Å². The molecule has 1 aliphatic carbocycles. The molecule has 0 bridgehead atoms. The van der Waals surface area contributed by atoms with Gasteiger partial charge < -0.3 is 5.73 Å². The quantitative estimate of drug-likeness (QED) is 0.900. The van der Waals surface area contributed by atoms with Crippen LogP contribution in [-0.4, -0.2) is 4.98 Å². The lowest BCUT2D eigenvalue weighted by Gasteiger charge is -2.19. The van der Waals surface area contributed by atoms with Crippen LogP contribution < -0.4 is 5.73 Å². The number of thiazole rings is 1. The summed E-state index contributed by atoms with van der Waals surface area (Å²) in [4.78, 5) is 4.51. The van der Waals surface area contributed by atoms with Crippen molar-refractivity contribution in [2.45, 2.75) is 31.2 Å². The second-order valence-corrected chi connectivity index (χ2v) is 5.89. The van der Waals surface area contributed by atoms with Gasteiger partial charge in [0, 0.05) is 10.9 Å². The van der Waals surface area contributed by atoms with E-state index in [1.165, 1.54) is 23.5 Å². The van der Waals surface area contributed by atoms with E-state index >= 15 is 0 Å². The molecule has 0 aliphatic heterocycles. The van der Waals surface area contributed by atoms with Gasteiger partial charge in [-0.3, -0.25) is 0 Å². The van der Waals surface area contributed by atoms with E-state index in [4.69, 9.17) is 5.73 Å². The Hall–Kier alpha value is -1.04. The number of benzene rings is 1. The van der Waals surface area contributed by atoms with Gasteiger partial charge in [-0.05, 0) is 31.0 Å². The molecule has 0 radical (unpaired) electrons. The van der Waals surface area contributed by atoms with E-state index in [2.05, 4.69) is 4.98 Å². The molecule has 3 rings (SSSR count). The third-order valence-corrected chi connectivity index (χ3v) is 4.70. The minimum atomic E-state index is -0.852. The van der Waals surface area contributed by atoms with E-state index < -0.39 is 11.6 Å². The highest BCUT2D eigenvalue weighted by Gasteiger charge is 2.34. The minimum Gasteiger partial charge on any atom is -0.319 e. The van der Waals surface area contributed by atoms with E-state index in [1.807, 2.05) is 5.38 Å². The number of nitrogens with two attached hydrogens (primary N) is 1. The zero-order valence-corrected chi connectivity index (χ0v) is 12.4. The van der Waals surface area contributed by atoms with Gasteiger partial charge in [-0.25, -0.2) is 13.8 Å². The van der Waals surface area contributed by atoms with Gasteiger partial charge in [-0.2, -0.15) is 0 Å². The van der Waals surface area contributed by atoms with Crippen LogP contribution in [-0.2, 0) is 5.54 Å². The zero-order valence-electron chi connectivity index (χ0n) is 10.7. The van der Waals surface area contributed by atoms with Crippen LogP contribution >= 0.6 is 23.7 Å². The molecule has 2 N–H and O–H groups in total. The highest BCUT2D eigenvalue weighted by Crippen LogP contribution is 2.39. The summed E-state index contributed by atoms with van der Waals surface area (Å²) >= 11 is 1.50. The molecule has 1 fully saturated rings. The maximum atomic E-state index is 13.2. The van der Waals surface area contributed by atoms with Crippen LogP contribution in [0.25, 0.3) is 11.3 Å². The zero-order chi connectivity index (χ0) is 13.5. The Morgan fingerprint density at radius 1 is 1.15 bits per heavy atom. The molecule has 2 nitrogen and oxygen atoms in total. The van der Waals surface area contributed by atoms with Gasteiger partial charge in [0.15, 0.2) is 11.6 Å². The normalized spacial score (nSPS) is 16.9. The van der Waals surface area contributed by atoms with Gasteiger partial charge in [-0.1, -0.05) is 12.8 Å². The fraction of sp³-hybridized carbons (Fsp3) is 0.357. The number of hydrogen-bond acceptors (Lipinski definition) is 3. The summed E-state index contributed by atoms with van der Waals surface area (Å²) in [5.74, 6) is -1.69. The summed E-state index contributed by atoms with van der Waals surface area (Å²) < 4.78 is 26.1. The fourth-order valence-corrected chi connectivity index (χ4v) is 3.51. The van der Waals surface area contributed by atoms with Crippen LogP contribution in [0.15, 0.2) is 23.6 Å². The van der Waals surface area contributed by atoms with Gasteiger partial charge in [0.2, 0.25) is 0 Å². The first-order chi connectivity index (χ1) is 9.08. The van der Waals surface area contributed by atoms with Crippen molar-refractivity contribution < 1.29 is 8.78 Å². The van der Waals surface area contributed by atoms with Crippen molar-refractivity contribution in [1.29, 1.82) is 0 Å². The second kappa shape index (κ2) is 5.76. The van der Waals surface area contributed by atoms with Crippen molar-refractivity contribution in [3.8, 4) is 11.3 Å². The number of nitrogens with zero attached hydrogens (tertiary/aromatic N) is 1. The summed E-state index contributed by atoms with van der Waals surface area (Å²) in [5.41, 5.74) is 7.26. The SMILES string of the molecule is Cl.NC1(c2nc(-c3ccc(F)c(F)c3)cs2)CCCC1. The largest absolute Gasteiger partial charge is 0.319 e. The lowest BCUT2D eigenvalue weighted by Crippen LogP contribution is -2.32. The molecular weight excluding hydrogens is 302 g/mol. The molecule has 108 valence electrons. The fourth-order valence-electron chi connectivity index (χ4n) is 2.51. The van der Waals surface area contributed by atoms with Crippen molar-refractivity contribution in [3.63, 3.8) is 0 Å². The molecule has 0 spiro atoms. The number of halogens is 3. The summed E-state index contributed by atoms with van der Waals surface area (Å²) in [6.45, 7) is 0. The maximum absolute atomic E-state index is 13.2. The molecular formula is C14H15ClF2N2S. The molecule has 20 heavy (non-hydrogen) atoms. The predicted octanol–water partition coefficient (Wildman–Crippen LogP) is 4.24. The molecule has 1 saturated carbocycles. The lowest BCUT2D eigenvalue weighted by molar-refractivity contribution is 0.459. The molecule has 1 aromatic carbocycles. The van der Waals surface area contributed by atoms with Gasteiger partial charge in [0.05, 0.1) is 11.2 Å². The van der Waals surface area contributed by atoms with E-state index in [9.17, 15) is 8.78 Å². The van der Waals surface area contributed by atoms with Crippen LogP contribution in [0.3, 0.4) is 0 Å². The first-order valence-corrected chi connectivity index (χ1v) is 7.17. The van der Waals surface area contributed by atoms with Crippen LogP contribution in [0, 0.1) is 11.6 Å². The number of rotatable bonds is 2. The smallest absolute Gasteiger partial charge is 0.159 e. The lowest BCUT2D eigenvalue weighted by atomic mass is 10.0. The minimum absolute atomic E-state index is 0. The molecule has 1 aromatic heterocycles. The first kappa shape index (κ1) is 15.4. The molecule has 0 amide bonds. The molecule has 0 saturated heterocycles. The monoisotopic (exact) mass is 316 g/mol. The topological polar surface area (TPSA) is 38.9 Å². The highest BCUT2D eigenvalue weighted by molar-refractivity contribution is 7.10. The second-order valence-electron chi connectivity index (χ2n) is 5.03. The van der Waals surface area contributed by atoms with Gasteiger partial charge >= 0.3 is 0 Å². The van der Waals surface area contributed by atoms with Crippen molar-refractivity contribution in [2.75, 3.05) is 0 Å². The first-order valence-electron chi connectivity index (χ1n) is 6.29. The van der Waals surface area contributed by atoms with Crippen molar-refractivity contribution in [1.82, 2.24) is 4.98 Å². The molecule has 1 heterocycles. The summed E-state index contributed by atoms with van der Waals surface area (Å²) in [6.07, 6.45) is 4.13. The van der Waals surface area contributed by atoms with Crippen LogP contribution in [0.2, 0.25) is 0 Å². The van der Waals surface area contributed by atoms with Crippen molar-refractivity contribution in [2.24, 2.45) is 5.73 Å². The average molecular weight is 317 g/mol. The summed E-state index contributed by atoms with van der Waals surface area (Å²) in [6, 6.07) is 3.83. The highest BCUT2D eigenvalue weighted by atomic mass is 35.5. The molecule has 0 unspecified atom stereocenters. The predicted molar refractivity (Wildman–Crippen MR) is 79.0 cm³/mol. The molecule has 2 aromatic rings. The Bertz CT molecular complexity index is 609. The summed E-state index contributed by atoms with van der Waals surface area (Å²) in [7, 11) is 0. The van der Waals surface area contributed by atoms with E-state index in [0.29, 0.717) is 11.3 Å². The third kappa shape index (κ3) is 2.71. The molecule has 1 aliphatic rings. The van der Waals surface area contributed by atoms with Gasteiger partial charge in [0.1, 0.15) is 5.01 Å². The maximum Gasteiger partial charge on any atom is 0.159 e. The van der Waals surface area contributed by atoms with E-state index in [1.54, 1.807) is 0 Å². The Balaban J connectivity index is 0.00000147. The summed E-state index contributed by atoms with van der Waals surface area (Å²) in [5, 5.41) is 2.75. The third-order valence-electron chi connectivity index (χ3n) is 3.64. The van der Waals surface area contributed by atoms with Gasteiger partial charge in [-0.15, -0.1) is 23.7 Å². The number of aromatic nitrogens is 1. The standard InChI is InChI=1S/C14H14F2N2S.ClH/c15-10-4-3-9(7-11(10)16)12-8-19-13(18-12)14(17)5-1-2-6-14;/h3-4,7-8H,1-2,5-6,17H2;1H. The van der Waals surface area contributed by atoms with Crippen LogP contribution in [0.1, 0.15) is 30.7 Å². The number of hydrogen-bond donors (Lipinski definition) is 1. The average Bonchev–Trinajstić information content (AvgIpc) is 3.02. The van der Waals surface area contributed by atoms with Crippen LogP contribution in [0.4, 0.5) is 8.78 Å². The van der Waals surface area contributed by atoms with Crippen LogP contribution in [0.5, 0.6) is 0 Å².